The van der Waals surface area contributed by atoms with Gasteiger partial charge in [0, 0.05) is 11.6 Å². The Morgan fingerprint density at radius 1 is 1.67 bits per heavy atom. The summed E-state index contributed by atoms with van der Waals surface area (Å²) in [5.74, 6) is -0.373. The van der Waals surface area contributed by atoms with Gasteiger partial charge < -0.3 is 9.72 Å². The predicted molar refractivity (Wildman–Crippen MR) is 59.8 cm³/mol. The molecule has 0 saturated carbocycles. The average Bonchev–Trinajstić information content (AvgIpc) is 2.57. The molecule has 0 atom stereocenters. The number of esters is 1. The summed E-state index contributed by atoms with van der Waals surface area (Å²) in [4.78, 5) is 18.6. The standard InChI is InChI=1S/C10H9BrN2O2/c1-2-15-10(14)8-7(11)6-4-3-5-12-9(6)13-8/h3-5H,2H2,1H3,(H,12,13). The van der Waals surface area contributed by atoms with Crippen LogP contribution in [0.15, 0.2) is 22.8 Å². The number of ether oxygens (including phenoxy) is 1. The number of carbonyl (C=O) groups excluding carboxylic acids is 1. The van der Waals surface area contributed by atoms with Crippen molar-refractivity contribution in [3.05, 3.63) is 28.5 Å². The van der Waals surface area contributed by atoms with Gasteiger partial charge in [-0.2, -0.15) is 0 Å². The van der Waals surface area contributed by atoms with E-state index in [-0.39, 0.29) is 5.97 Å². The fraction of sp³-hybridized carbons (Fsp3) is 0.200. The van der Waals surface area contributed by atoms with Crippen molar-refractivity contribution in [2.24, 2.45) is 0 Å². The minimum Gasteiger partial charge on any atom is -0.461 e. The van der Waals surface area contributed by atoms with Crippen LogP contribution in [-0.2, 0) is 4.74 Å². The van der Waals surface area contributed by atoms with Gasteiger partial charge in [-0.15, -0.1) is 0 Å². The molecule has 2 aromatic rings. The van der Waals surface area contributed by atoms with Crippen LogP contribution < -0.4 is 0 Å². The highest BCUT2D eigenvalue weighted by atomic mass is 79.9. The third-order valence-electron chi connectivity index (χ3n) is 1.99. The number of aromatic amines is 1. The fourth-order valence-electron chi connectivity index (χ4n) is 1.33. The van der Waals surface area contributed by atoms with Crippen molar-refractivity contribution in [1.29, 1.82) is 0 Å². The second kappa shape index (κ2) is 4.02. The number of aromatic nitrogens is 2. The van der Waals surface area contributed by atoms with Crippen LogP contribution in [0, 0.1) is 0 Å². The maximum Gasteiger partial charge on any atom is 0.355 e. The number of halogens is 1. The summed E-state index contributed by atoms with van der Waals surface area (Å²) >= 11 is 3.35. The van der Waals surface area contributed by atoms with E-state index in [1.54, 1.807) is 13.1 Å². The SMILES string of the molecule is CCOC(=O)c1[nH]c2ncccc2c1Br. The summed E-state index contributed by atoms with van der Waals surface area (Å²) in [7, 11) is 0. The molecule has 2 aromatic heterocycles. The topological polar surface area (TPSA) is 55.0 Å². The molecule has 0 amide bonds. The molecule has 0 aliphatic heterocycles. The number of nitrogens with zero attached hydrogens (tertiary/aromatic N) is 1. The summed E-state index contributed by atoms with van der Waals surface area (Å²) in [5, 5.41) is 0.876. The van der Waals surface area contributed by atoms with E-state index >= 15 is 0 Å². The number of hydrogen-bond acceptors (Lipinski definition) is 3. The van der Waals surface area contributed by atoms with Gasteiger partial charge in [0.05, 0.1) is 11.1 Å². The molecule has 1 N–H and O–H groups in total. The lowest BCUT2D eigenvalue weighted by molar-refractivity contribution is 0.0519. The summed E-state index contributed by atoms with van der Waals surface area (Å²) in [6, 6.07) is 3.70. The lowest BCUT2D eigenvalue weighted by Gasteiger charge is -1.98. The Balaban J connectivity index is 2.53. The maximum absolute atomic E-state index is 11.5. The molecular weight excluding hydrogens is 260 g/mol. The molecule has 0 aliphatic carbocycles. The highest BCUT2D eigenvalue weighted by Gasteiger charge is 2.16. The van der Waals surface area contributed by atoms with Crippen LogP contribution >= 0.6 is 15.9 Å². The lowest BCUT2D eigenvalue weighted by Crippen LogP contribution is -2.05. The molecule has 5 heteroatoms. The van der Waals surface area contributed by atoms with E-state index < -0.39 is 0 Å². The van der Waals surface area contributed by atoms with Crippen molar-refractivity contribution in [2.45, 2.75) is 6.92 Å². The Morgan fingerprint density at radius 3 is 3.13 bits per heavy atom. The minimum absolute atomic E-state index is 0.355. The Bertz CT molecular complexity index is 507. The number of nitrogens with one attached hydrogen (secondary N) is 1. The molecule has 15 heavy (non-hydrogen) atoms. The van der Waals surface area contributed by atoms with E-state index in [0.717, 1.165) is 5.39 Å². The Kier molecular flexibility index (Phi) is 2.73. The van der Waals surface area contributed by atoms with E-state index in [1.165, 1.54) is 0 Å². The van der Waals surface area contributed by atoms with Gasteiger partial charge in [0.15, 0.2) is 0 Å². The van der Waals surface area contributed by atoms with Crippen LogP contribution in [0.25, 0.3) is 11.0 Å². The van der Waals surface area contributed by atoms with E-state index in [9.17, 15) is 4.79 Å². The van der Waals surface area contributed by atoms with E-state index in [0.29, 0.717) is 22.4 Å². The van der Waals surface area contributed by atoms with Crippen molar-refractivity contribution in [3.8, 4) is 0 Å². The summed E-state index contributed by atoms with van der Waals surface area (Å²) in [5.41, 5.74) is 1.08. The van der Waals surface area contributed by atoms with Gasteiger partial charge >= 0.3 is 5.97 Å². The summed E-state index contributed by atoms with van der Waals surface area (Å²) in [6.45, 7) is 2.13. The minimum atomic E-state index is -0.373. The number of pyridine rings is 1. The lowest BCUT2D eigenvalue weighted by atomic mass is 10.3. The van der Waals surface area contributed by atoms with Crippen molar-refractivity contribution >= 4 is 32.9 Å². The van der Waals surface area contributed by atoms with Crippen LogP contribution in [0.2, 0.25) is 0 Å². The molecule has 78 valence electrons. The van der Waals surface area contributed by atoms with Crippen LogP contribution in [-0.4, -0.2) is 22.5 Å². The molecule has 0 unspecified atom stereocenters. The predicted octanol–water partition coefficient (Wildman–Crippen LogP) is 2.50. The third kappa shape index (κ3) is 1.74. The van der Waals surface area contributed by atoms with Gasteiger partial charge in [0.25, 0.3) is 0 Å². The molecule has 0 aromatic carbocycles. The first-order valence-electron chi connectivity index (χ1n) is 4.53. The number of carbonyl (C=O) groups is 1. The van der Waals surface area contributed by atoms with Crippen LogP contribution in [0.1, 0.15) is 17.4 Å². The summed E-state index contributed by atoms with van der Waals surface area (Å²) in [6.07, 6.45) is 1.67. The van der Waals surface area contributed by atoms with Crippen molar-refractivity contribution in [3.63, 3.8) is 0 Å². The zero-order chi connectivity index (χ0) is 10.8. The number of H-pyrrole nitrogens is 1. The molecule has 0 saturated heterocycles. The van der Waals surface area contributed by atoms with Crippen molar-refractivity contribution in [2.75, 3.05) is 6.61 Å². The van der Waals surface area contributed by atoms with Gasteiger partial charge in [0.2, 0.25) is 0 Å². The Hall–Kier alpha value is -1.36. The summed E-state index contributed by atoms with van der Waals surface area (Å²) < 4.78 is 5.61. The van der Waals surface area contributed by atoms with Gasteiger partial charge in [-0.05, 0) is 35.0 Å². The molecule has 0 fully saturated rings. The second-order valence-corrected chi connectivity index (χ2v) is 3.73. The van der Waals surface area contributed by atoms with Gasteiger partial charge in [-0.3, -0.25) is 0 Å². The monoisotopic (exact) mass is 268 g/mol. The third-order valence-corrected chi connectivity index (χ3v) is 2.81. The van der Waals surface area contributed by atoms with Gasteiger partial charge in [-0.1, -0.05) is 0 Å². The average molecular weight is 269 g/mol. The van der Waals surface area contributed by atoms with Crippen molar-refractivity contribution in [1.82, 2.24) is 9.97 Å². The largest absolute Gasteiger partial charge is 0.461 e. The van der Waals surface area contributed by atoms with Crippen LogP contribution in [0.3, 0.4) is 0 Å². The second-order valence-electron chi connectivity index (χ2n) is 2.93. The van der Waals surface area contributed by atoms with Gasteiger partial charge in [0.1, 0.15) is 11.3 Å². The van der Waals surface area contributed by atoms with E-state index in [4.69, 9.17) is 4.74 Å². The van der Waals surface area contributed by atoms with Crippen LogP contribution in [0.4, 0.5) is 0 Å². The highest BCUT2D eigenvalue weighted by molar-refractivity contribution is 9.10. The normalized spacial score (nSPS) is 10.5. The fourth-order valence-corrected chi connectivity index (χ4v) is 1.91. The van der Waals surface area contributed by atoms with Crippen LogP contribution in [0.5, 0.6) is 0 Å². The Labute approximate surface area is 94.8 Å². The van der Waals surface area contributed by atoms with E-state index in [1.807, 2.05) is 12.1 Å². The molecule has 2 rings (SSSR count). The zero-order valence-corrected chi connectivity index (χ0v) is 9.67. The smallest absolute Gasteiger partial charge is 0.355 e. The molecule has 0 radical (unpaired) electrons. The highest BCUT2D eigenvalue weighted by Crippen LogP contribution is 2.26. The molecule has 0 spiro atoms. The van der Waals surface area contributed by atoms with E-state index in [2.05, 4.69) is 25.9 Å². The van der Waals surface area contributed by atoms with Gasteiger partial charge in [-0.25, -0.2) is 9.78 Å². The quantitative estimate of drug-likeness (QED) is 0.852. The first kappa shape index (κ1) is 10.2. The zero-order valence-electron chi connectivity index (χ0n) is 8.08. The molecule has 0 bridgehead atoms. The number of hydrogen-bond donors (Lipinski definition) is 1. The first-order valence-corrected chi connectivity index (χ1v) is 5.32. The molecule has 0 aliphatic rings. The molecule has 4 nitrogen and oxygen atoms in total. The number of rotatable bonds is 2. The number of fused-ring (bicyclic) bond motifs is 1. The molecule has 2 heterocycles. The van der Waals surface area contributed by atoms with Crippen molar-refractivity contribution < 1.29 is 9.53 Å². The Morgan fingerprint density at radius 2 is 2.47 bits per heavy atom. The maximum atomic E-state index is 11.5. The molecular formula is C10H9BrN2O2. The first-order chi connectivity index (χ1) is 7.24.